The highest BCUT2D eigenvalue weighted by Gasteiger charge is 2.26. The Labute approximate surface area is 836 Å². The van der Waals surface area contributed by atoms with E-state index in [2.05, 4.69) is 360 Å². The topological polar surface area (TPSA) is 258 Å². The molecule has 0 radical (unpaired) electrons. The molecule has 23 rings (SSSR count). The van der Waals surface area contributed by atoms with Crippen molar-refractivity contribution in [2.24, 2.45) is 68.6 Å². The van der Waals surface area contributed by atoms with Crippen LogP contribution in [0, 0.1) is 0 Å². The largest absolute Gasteiger partial charge is 0.342 e. The van der Waals surface area contributed by atoms with Gasteiger partial charge in [-0.1, -0.05) is 362 Å². The van der Waals surface area contributed by atoms with Gasteiger partial charge in [0.05, 0.1) is 56.5 Å². The van der Waals surface area contributed by atoms with E-state index in [1.165, 1.54) is 176 Å². The third-order valence-electron chi connectivity index (χ3n) is 23.0. The molecule has 11 N–H and O–H groups in total. The van der Waals surface area contributed by atoms with Crippen molar-refractivity contribution < 1.29 is 0 Å². The zero-order valence-electron chi connectivity index (χ0n) is 84.6. The average Bonchev–Trinajstić information content (AvgIpc) is 1.63. The maximum absolute atomic E-state index is 4.89. The van der Waals surface area contributed by atoms with Crippen LogP contribution in [0.1, 0.15) is 172 Å². The second-order valence-electron chi connectivity index (χ2n) is 32.0. The van der Waals surface area contributed by atoms with Crippen molar-refractivity contribution in [1.29, 1.82) is 0 Å². The number of nitrogens with two attached hydrogens (primary N) is 5. The van der Waals surface area contributed by atoms with Crippen LogP contribution < -0.4 is 28.7 Å². The van der Waals surface area contributed by atoms with Crippen molar-refractivity contribution in [3.05, 3.63) is 435 Å². The van der Waals surface area contributed by atoms with Crippen molar-refractivity contribution >= 4 is 102 Å². The lowest BCUT2D eigenvalue weighted by molar-refractivity contribution is 1.04. The van der Waals surface area contributed by atoms with Gasteiger partial charge in [-0.25, -0.2) is 4.98 Å². The zero-order valence-corrected chi connectivity index (χ0v) is 84.6. The van der Waals surface area contributed by atoms with Crippen LogP contribution in [0.25, 0.3) is 22.2 Å². The Morgan fingerprint density at radius 3 is 0.671 bits per heavy atom. The monoisotopic (exact) mass is 1860 g/mol. The molecule has 1 aromatic heterocycles. The van der Waals surface area contributed by atoms with Gasteiger partial charge in [0.15, 0.2) is 0 Å². The van der Waals surface area contributed by atoms with E-state index >= 15 is 0 Å². The minimum absolute atomic E-state index is 0. The number of rotatable bonds is 17. The minimum atomic E-state index is 0. The Hall–Kier alpha value is -14.3. The molecule has 140 heavy (non-hydrogen) atoms. The second-order valence-corrected chi connectivity index (χ2v) is 32.0. The van der Waals surface area contributed by atoms with Crippen LogP contribution >= 0.6 is 0 Å². The summed E-state index contributed by atoms with van der Waals surface area (Å²) in [5.74, 6) is 1.00. The molecule has 9 heterocycles. The van der Waals surface area contributed by atoms with E-state index in [-0.39, 0.29) is 7.43 Å². The summed E-state index contributed by atoms with van der Waals surface area (Å²) in [5, 5.41) is 0. The van der Waals surface area contributed by atoms with E-state index < -0.39 is 0 Å². The molecule has 14 aromatic carbocycles. The minimum Gasteiger partial charge on any atom is -0.342 e. The molecule has 0 amide bonds. The molecule has 8 aliphatic heterocycles. The number of aromatic amines is 1. The van der Waals surface area contributed by atoms with Gasteiger partial charge in [-0.05, 0) is 190 Å². The predicted octanol–water partition coefficient (Wildman–Crippen LogP) is 28.8. The van der Waals surface area contributed by atoms with Gasteiger partial charge in [0.25, 0.3) is 0 Å². The number of fused-ring (bicyclic) bond motifs is 9. The van der Waals surface area contributed by atoms with Crippen molar-refractivity contribution in [2.75, 3.05) is 35.2 Å². The number of hydrogen-bond acceptors (Lipinski definition) is 14. The smallest absolute Gasteiger partial charge is 0.111 e. The lowest BCUT2D eigenvalue weighted by Gasteiger charge is -2.07. The fourth-order valence-corrected chi connectivity index (χ4v) is 17.2. The zero-order chi connectivity index (χ0) is 99.5. The fourth-order valence-electron chi connectivity index (χ4n) is 17.2. The number of nitrogens with one attached hydrogen (secondary N) is 1. The SMILES string of the molecule is C.CC.CC.CC.CC.CC.CN.CN.CN.CN.CN.c1ccc(CC2=Nc3cc4c(cc3C2)CC(Cc2ccccc2)=N4)cc1.c1ccc(CC2=Nc3cc4nc(Cc5ccccc5)[nH]c4cc3C2)cc1.c1ccc(CC2=Nc3ccc(-c4ccc5c(c4)CC(Cc4ccccc4)=N5)cc3C2)cc1.c1ccc(CC2=Nc3ccccc3C2)cc1.c1ccc2c(c1)CC(CC1=Nc3ccccc3C1)=N2. The Bertz CT molecular complexity index is 6260. The molecule has 0 spiro atoms. The van der Waals surface area contributed by atoms with Gasteiger partial charge >= 0.3 is 0 Å². The number of para-hydroxylation sites is 3. The summed E-state index contributed by atoms with van der Waals surface area (Å²) in [6, 6.07) is 121. The summed E-state index contributed by atoms with van der Waals surface area (Å²) in [4.78, 5) is 46.7. The molecule has 724 valence electrons. The number of imidazole rings is 1. The van der Waals surface area contributed by atoms with Gasteiger partial charge in [0, 0.05) is 148 Å². The summed E-state index contributed by atoms with van der Waals surface area (Å²) < 4.78 is 0. The highest BCUT2D eigenvalue weighted by molar-refractivity contribution is 6.11. The van der Waals surface area contributed by atoms with Crippen LogP contribution in [-0.4, -0.2) is 90.9 Å². The lowest BCUT2D eigenvalue weighted by atomic mass is 9.96. The first-order valence-electron chi connectivity index (χ1n) is 49.6. The average molecular weight is 1860 g/mol. The number of aliphatic imine (C=N–C) groups is 8. The third kappa shape index (κ3) is 32.1. The number of aromatic nitrogens is 2. The van der Waals surface area contributed by atoms with E-state index in [1.54, 1.807) is 0 Å². The van der Waals surface area contributed by atoms with Gasteiger partial charge in [-0.15, -0.1) is 0 Å². The molecule has 15 nitrogen and oxygen atoms in total. The van der Waals surface area contributed by atoms with Crippen LogP contribution in [0.2, 0.25) is 0 Å². The van der Waals surface area contributed by atoms with E-state index in [0.29, 0.717) is 0 Å². The molecular weight excluding hydrogens is 1710 g/mol. The summed E-state index contributed by atoms with van der Waals surface area (Å²) >= 11 is 0. The molecule has 0 atom stereocenters. The van der Waals surface area contributed by atoms with Crippen LogP contribution in [-0.2, 0) is 96.3 Å². The van der Waals surface area contributed by atoms with Crippen molar-refractivity contribution in [3.8, 4) is 11.1 Å². The second kappa shape index (κ2) is 61.1. The molecule has 15 heteroatoms. The summed E-state index contributed by atoms with van der Waals surface area (Å²) in [6.45, 7) is 20.0. The highest BCUT2D eigenvalue weighted by Crippen LogP contribution is 2.41. The maximum atomic E-state index is 4.89. The number of H-pyrrole nitrogens is 1. The molecule has 0 aliphatic carbocycles. The Morgan fingerprint density at radius 1 is 0.193 bits per heavy atom. The van der Waals surface area contributed by atoms with Crippen LogP contribution in [0.4, 0.5) is 45.5 Å². The normalized spacial score (nSPS) is 12.4. The maximum Gasteiger partial charge on any atom is 0.111 e. The van der Waals surface area contributed by atoms with Crippen molar-refractivity contribution in [1.82, 2.24) is 9.97 Å². The van der Waals surface area contributed by atoms with Gasteiger partial charge < -0.3 is 33.7 Å². The lowest BCUT2D eigenvalue weighted by Crippen LogP contribution is -2.07. The number of hydrogen-bond donors (Lipinski definition) is 6. The summed E-state index contributed by atoms with van der Waals surface area (Å²) in [6.07, 6.45) is 15.0. The van der Waals surface area contributed by atoms with Gasteiger partial charge in [-0.3, -0.25) is 39.9 Å². The highest BCUT2D eigenvalue weighted by atomic mass is 14.9. The molecule has 8 aliphatic rings. The Balaban J connectivity index is 0.000000207. The van der Waals surface area contributed by atoms with Crippen LogP contribution in [0.5, 0.6) is 0 Å². The van der Waals surface area contributed by atoms with Gasteiger partial charge in [-0.2, -0.15) is 0 Å². The van der Waals surface area contributed by atoms with E-state index in [4.69, 9.17) is 39.9 Å². The third-order valence-corrected chi connectivity index (χ3v) is 23.0. The van der Waals surface area contributed by atoms with E-state index in [9.17, 15) is 0 Å². The predicted molar refractivity (Wildman–Crippen MR) is 609 cm³/mol. The van der Waals surface area contributed by atoms with E-state index in [1.807, 2.05) is 93.5 Å². The van der Waals surface area contributed by atoms with Gasteiger partial charge in [0.1, 0.15) is 5.82 Å². The summed E-state index contributed by atoms with van der Waals surface area (Å²) in [5.41, 5.74) is 66.0. The Morgan fingerprint density at radius 2 is 0.400 bits per heavy atom. The first-order chi connectivity index (χ1) is 68.8. The molecule has 0 fully saturated rings. The van der Waals surface area contributed by atoms with E-state index in [0.717, 1.165) is 165 Å². The Kier molecular flexibility index (Phi) is 48.5. The number of benzene rings is 14. The summed E-state index contributed by atoms with van der Waals surface area (Å²) in [7, 11) is 7.50. The number of nitrogens with zero attached hydrogens (tertiary/aromatic N) is 9. The van der Waals surface area contributed by atoms with Crippen molar-refractivity contribution in [2.45, 2.75) is 179 Å². The molecule has 0 unspecified atom stereocenters. The molecule has 0 saturated carbocycles. The first kappa shape index (κ1) is 111. The van der Waals surface area contributed by atoms with Crippen LogP contribution in [0.15, 0.2) is 386 Å². The quantitative estimate of drug-likeness (QED) is 0.0516. The standard InChI is InChI=1S/C30H24N2.C24H20N2.C23H19N3.C17H14N2.C15H13N.5C2H6.5CH5N.CH4/c1-3-7-21(8-4-1)15-27-19-25-17-23(11-13-29(25)31-27)24-12-14-30-26(18-24)20-28(32-30)16-22-9-5-2-6-10-22;1-3-7-17(8-4-1)11-21-14-19-13-20-15-22(12-18-9-5-2-6-10-18)26-24(20)16-23(19)25-21;1-3-7-16(8-4-1)11-19-13-18-14-21-22(15-20(18)24-19)26-23(25-21)12-17-9-5-2-6-10-17;1-3-7-16-12(5-1)9-14(18-16)11-15-10-13-6-2-4-8-17(13)19-15;1-2-6-12(7-3-1)10-14-11-13-8-4-5-9-15(13)16-14;10*1-2;/h1-14,17-18H,15-16,19-20H2;1-10,13,16H,11-12,14-15H2;1-10,14-15H,11-13H2,(H,25,26);1-8H,9-11H2;1-9H,10-11H2;5*1-2H3;5*2H2,1H3;1H4. The van der Waals surface area contributed by atoms with Crippen LogP contribution in [0.3, 0.4) is 0 Å². The first-order valence-corrected chi connectivity index (χ1v) is 49.6. The molecule has 0 saturated heterocycles. The molecular formula is C125H149N15. The fraction of sp³-hybridized carbons (Fsp3) is 0.256. The van der Waals surface area contributed by atoms with Gasteiger partial charge in [0.2, 0.25) is 0 Å². The molecule has 0 bridgehead atoms. The molecule has 15 aromatic rings. The van der Waals surface area contributed by atoms with Crippen molar-refractivity contribution in [3.63, 3.8) is 0 Å².